The van der Waals surface area contributed by atoms with E-state index in [-0.39, 0.29) is 57.0 Å². The van der Waals surface area contributed by atoms with Gasteiger partial charge < -0.3 is 14.8 Å². The van der Waals surface area contributed by atoms with Crippen molar-refractivity contribution in [2.45, 2.75) is 30.0 Å². The third-order valence-corrected chi connectivity index (χ3v) is 7.40. The van der Waals surface area contributed by atoms with Gasteiger partial charge in [0.1, 0.15) is 5.01 Å². The predicted molar refractivity (Wildman–Crippen MR) is 72.5 cm³/mol. The predicted octanol–water partition coefficient (Wildman–Crippen LogP) is -3.98. The molecule has 0 N–H and O–H groups in total. The van der Waals surface area contributed by atoms with Crippen molar-refractivity contribution in [1.82, 2.24) is 9.88 Å². The van der Waals surface area contributed by atoms with E-state index < -0.39 is 37.9 Å². The minimum absolute atomic E-state index is 0. The normalized spacial score (nSPS) is 29.6. The zero-order valence-corrected chi connectivity index (χ0v) is 16.9. The van der Waals surface area contributed by atoms with E-state index in [1.54, 1.807) is 5.38 Å². The first-order valence-corrected chi connectivity index (χ1v) is 8.50. The zero-order chi connectivity index (χ0) is 15.6. The second kappa shape index (κ2) is 5.76. The fraction of sp³-hybridized carbons (Fsp3) is 0.417. The van der Waals surface area contributed by atoms with E-state index in [1.165, 1.54) is 37.5 Å². The first kappa shape index (κ1) is 18.2. The van der Waals surface area contributed by atoms with Gasteiger partial charge in [0.05, 0.1) is 22.3 Å². The molecule has 0 aliphatic carbocycles. The fourth-order valence-electron chi connectivity index (χ4n) is 2.76. The van der Waals surface area contributed by atoms with Crippen molar-refractivity contribution >= 4 is 39.1 Å². The van der Waals surface area contributed by atoms with Gasteiger partial charge in [0, 0.05) is 11.6 Å². The van der Waals surface area contributed by atoms with Crippen molar-refractivity contribution in [3.63, 3.8) is 0 Å². The van der Waals surface area contributed by atoms with Crippen molar-refractivity contribution in [3.8, 4) is 0 Å². The van der Waals surface area contributed by atoms with Crippen molar-refractivity contribution < 1.29 is 74.5 Å². The molecule has 0 unspecified atom stereocenters. The largest absolute Gasteiger partial charge is 1.00 e. The zero-order valence-electron chi connectivity index (χ0n) is 12.1. The minimum Gasteiger partial charge on any atom is -0.548 e. The number of hydrogen-bond donors (Lipinski definition) is 0. The van der Waals surface area contributed by atoms with Crippen molar-refractivity contribution in [3.05, 3.63) is 22.2 Å². The van der Waals surface area contributed by atoms with Crippen LogP contribution in [0.1, 0.15) is 18.9 Å². The van der Waals surface area contributed by atoms with Crippen LogP contribution in [0.15, 0.2) is 17.2 Å². The molecule has 1 aromatic rings. The molecule has 0 aromatic carbocycles. The number of β-lactam (4-membered cyclic amide) rings is 1. The number of carbonyl (C=O) groups excluding carboxylic acids is 2. The summed E-state index contributed by atoms with van der Waals surface area (Å²) in [5.41, 5.74) is 0.0572. The fourth-order valence-corrected chi connectivity index (χ4v) is 5.46. The van der Waals surface area contributed by atoms with E-state index in [9.17, 15) is 23.1 Å². The Morgan fingerprint density at radius 2 is 2.14 bits per heavy atom. The van der Waals surface area contributed by atoms with Crippen molar-refractivity contribution in [2.75, 3.05) is 0 Å². The number of carboxylic acid groups (broad SMARTS) is 1. The molecule has 0 bridgehead atoms. The van der Waals surface area contributed by atoms with Gasteiger partial charge in [0.25, 0.3) is 5.91 Å². The van der Waals surface area contributed by atoms with Gasteiger partial charge in [-0.3, -0.25) is 4.79 Å². The molecule has 2 aliphatic heterocycles. The van der Waals surface area contributed by atoms with E-state index in [0.29, 0.717) is 5.01 Å². The van der Waals surface area contributed by atoms with Crippen LogP contribution < -0.4 is 56.5 Å². The SMILES string of the molecule is CC1(C)[C@H](C(=O)[O-])N2C(=O)/C(=C\c3nccs3)[C@H]2S1(=O)=O.[K+]. The van der Waals surface area contributed by atoms with Crippen LogP contribution in [0.3, 0.4) is 0 Å². The number of carboxylic acids is 1. The van der Waals surface area contributed by atoms with E-state index in [0.717, 1.165) is 4.90 Å². The maximum absolute atomic E-state index is 12.5. The maximum Gasteiger partial charge on any atom is 1.00 e. The molecule has 0 spiro atoms. The molecule has 0 saturated carbocycles. The minimum atomic E-state index is -3.85. The summed E-state index contributed by atoms with van der Waals surface area (Å²) in [4.78, 5) is 28.3. The van der Waals surface area contributed by atoms with Crippen LogP contribution in [0, 0.1) is 0 Å². The third kappa shape index (κ3) is 2.27. The molecule has 1 aromatic heterocycles. The van der Waals surface area contributed by atoms with E-state index >= 15 is 0 Å². The molecule has 10 heteroatoms. The standard InChI is InChI=1S/C12H12N2O5S2.K/c1-12(2)8(11(16)17)14-9(15)6(10(14)21(12,18)19)5-7-13-3-4-20-7;/h3-5,8,10H,1-2H3,(H,16,17);/q;+1/p-1/b6-5+;/t8-,10+;/m0./s1. The average Bonchev–Trinajstić information content (AvgIpc) is 2.91. The smallest absolute Gasteiger partial charge is 0.548 e. The number of carbonyl (C=O) groups is 2. The molecule has 2 saturated heterocycles. The molecular weight excluding hydrogens is 355 g/mol. The number of amides is 1. The Labute approximate surface area is 173 Å². The summed E-state index contributed by atoms with van der Waals surface area (Å²) < 4.78 is 23.5. The molecule has 1 amide bonds. The van der Waals surface area contributed by atoms with E-state index in [1.807, 2.05) is 0 Å². The van der Waals surface area contributed by atoms with Gasteiger partial charge >= 0.3 is 51.4 Å². The maximum atomic E-state index is 12.5. The van der Waals surface area contributed by atoms with Gasteiger partial charge in [0.15, 0.2) is 15.2 Å². The van der Waals surface area contributed by atoms with Crippen molar-refractivity contribution in [2.24, 2.45) is 0 Å². The van der Waals surface area contributed by atoms with Gasteiger partial charge in [-0.1, -0.05) is 0 Å². The van der Waals surface area contributed by atoms with Gasteiger partial charge in [-0.05, 0) is 19.9 Å². The molecular formula is C12H11KN2O5S2. The summed E-state index contributed by atoms with van der Waals surface area (Å²) in [5, 5.41) is 12.2. The summed E-state index contributed by atoms with van der Waals surface area (Å²) in [5.74, 6) is -2.16. The summed E-state index contributed by atoms with van der Waals surface area (Å²) in [6.07, 6.45) is 2.94. The molecule has 2 aliphatic rings. The van der Waals surface area contributed by atoms with Crippen molar-refractivity contribution in [1.29, 1.82) is 0 Å². The second-order valence-corrected chi connectivity index (χ2v) is 8.92. The van der Waals surface area contributed by atoms with Gasteiger partial charge in [0.2, 0.25) is 0 Å². The molecule has 3 heterocycles. The van der Waals surface area contributed by atoms with E-state index in [4.69, 9.17) is 0 Å². The first-order chi connectivity index (χ1) is 9.69. The van der Waals surface area contributed by atoms with Crippen LogP contribution in [0.2, 0.25) is 0 Å². The van der Waals surface area contributed by atoms with Crippen LogP contribution >= 0.6 is 11.3 Å². The Bertz CT molecular complexity index is 769. The van der Waals surface area contributed by atoms with Crippen LogP contribution in [-0.2, 0) is 19.4 Å². The number of thiazole rings is 1. The topological polar surface area (TPSA) is 107 Å². The van der Waals surface area contributed by atoms with Crippen LogP contribution in [-0.4, -0.2) is 46.3 Å². The van der Waals surface area contributed by atoms with Gasteiger partial charge in [-0.25, -0.2) is 13.4 Å². The summed E-state index contributed by atoms with van der Waals surface area (Å²) >= 11 is 1.26. The van der Waals surface area contributed by atoms with Gasteiger partial charge in [-0.15, -0.1) is 11.3 Å². The number of hydrogen-bond acceptors (Lipinski definition) is 7. The number of rotatable bonds is 2. The molecule has 2 fully saturated rings. The summed E-state index contributed by atoms with van der Waals surface area (Å²) in [6.45, 7) is 2.60. The summed E-state index contributed by atoms with van der Waals surface area (Å²) in [6, 6.07) is -1.48. The van der Waals surface area contributed by atoms with Crippen LogP contribution in [0.25, 0.3) is 6.08 Å². The monoisotopic (exact) mass is 366 g/mol. The molecule has 3 rings (SSSR count). The number of nitrogens with zero attached hydrogens (tertiary/aromatic N) is 2. The Balaban J connectivity index is 0.00000176. The van der Waals surface area contributed by atoms with E-state index in [2.05, 4.69) is 4.98 Å². The molecule has 112 valence electrons. The Hall–Kier alpha value is -0.104. The molecule has 7 nitrogen and oxygen atoms in total. The van der Waals surface area contributed by atoms with Crippen LogP contribution in [0.5, 0.6) is 0 Å². The molecule has 2 atom stereocenters. The number of fused-ring (bicyclic) bond motifs is 1. The number of aliphatic carboxylic acids is 1. The molecule has 22 heavy (non-hydrogen) atoms. The summed E-state index contributed by atoms with van der Waals surface area (Å²) in [7, 11) is -3.85. The molecule has 0 radical (unpaired) electrons. The first-order valence-electron chi connectivity index (χ1n) is 6.07. The Morgan fingerprint density at radius 3 is 2.64 bits per heavy atom. The average molecular weight is 366 g/mol. The number of sulfone groups is 1. The Morgan fingerprint density at radius 1 is 1.50 bits per heavy atom. The Kier molecular flexibility index (Phi) is 4.78. The quantitative estimate of drug-likeness (QED) is 0.300. The van der Waals surface area contributed by atoms with Gasteiger partial charge in [-0.2, -0.15) is 0 Å². The van der Waals surface area contributed by atoms with Crippen LogP contribution in [0.4, 0.5) is 0 Å². The third-order valence-electron chi connectivity index (χ3n) is 3.92. The second-order valence-electron chi connectivity index (χ2n) is 5.40. The number of aromatic nitrogens is 1.